The maximum absolute atomic E-state index is 12.4. The SMILES string of the molecule is Cc1nc2ccc(C(=O)Nc3cccc(I)c3)cc2nc1C. The van der Waals surface area contributed by atoms with E-state index in [2.05, 4.69) is 37.9 Å². The van der Waals surface area contributed by atoms with Gasteiger partial charge in [0.1, 0.15) is 0 Å². The summed E-state index contributed by atoms with van der Waals surface area (Å²) < 4.78 is 1.07. The summed E-state index contributed by atoms with van der Waals surface area (Å²) in [5, 5.41) is 2.90. The molecule has 0 radical (unpaired) electrons. The molecule has 1 N–H and O–H groups in total. The topological polar surface area (TPSA) is 54.9 Å². The highest BCUT2D eigenvalue weighted by molar-refractivity contribution is 14.1. The predicted octanol–water partition coefficient (Wildman–Crippen LogP) is 4.10. The van der Waals surface area contributed by atoms with Crippen LogP contribution in [0.2, 0.25) is 0 Å². The van der Waals surface area contributed by atoms with Crippen LogP contribution in [-0.4, -0.2) is 15.9 Å². The van der Waals surface area contributed by atoms with Crippen molar-refractivity contribution in [2.24, 2.45) is 0 Å². The normalized spacial score (nSPS) is 10.7. The first-order valence-corrected chi connectivity index (χ1v) is 7.93. The molecule has 4 nitrogen and oxygen atoms in total. The molecule has 1 heterocycles. The largest absolute Gasteiger partial charge is 0.322 e. The molecular formula is C17H14IN3O. The Hall–Kier alpha value is -2.02. The Morgan fingerprint density at radius 2 is 1.73 bits per heavy atom. The number of aromatic nitrogens is 2. The number of aryl methyl sites for hydroxylation is 2. The highest BCUT2D eigenvalue weighted by Gasteiger charge is 2.09. The van der Waals surface area contributed by atoms with Crippen molar-refractivity contribution in [3.8, 4) is 0 Å². The van der Waals surface area contributed by atoms with E-state index in [1.54, 1.807) is 12.1 Å². The molecule has 0 aliphatic rings. The average Bonchev–Trinajstić information content (AvgIpc) is 2.48. The Balaban J connectivity index is 1.92. The van der Waals surface area contributed by atoms with Crippen molar-refractivity contribution in [3.05, 3.63) is 63.0 Å². The van der Waals surface area contributed by atoms with Gasteiger partial charge in [0.2, 0.25) is 0 Å². The second-order valence-electron chi connectivity index (χ2n) is 5.06. The molecule has 110 valence electrons. The van der Waals surface area contributed by atoms with Crippen molar-refractivity contribution in [1.29, 1.82) is 0 Å². The molecule has 1 amide bonds. The molecule has 22 heavy (non-hydrogen) atoms. The fourth-order valence-corrected chi connectivity index (χ4v) is 2.68. The van der Waals surface area contributed by atoms with Crippen LogP contribution in [0.3, 0.4) is 0 Å². The Morgan fingerprint density at radius 3 is 2.45 bits per heavy atom. The first kappa shape index (κ1) is 14.9. The number of benzene rings is 2. The van der Waals surface area contributed by atoms with Crippen LogP contribution in [0.4, 0.5) is 5.69 Å². The minimum atomic E-state index is -0.149. The number of amides is 1. The predicted molar refractivity (Wildman–Crippen MR) is 96.1 cm³/mol. The van der Waals surface area contributed by atoms with Gasteiger partial charge in [0, 0.05) is 14.8 Å². The standard InChI is InChI=1S/C17H14IN3O/c1-10-11(2)20-16-8-12(6-7-15(16)19-10)17(22)21-14-5-3-4-13(18)9-14/h3-9H,1-2H3,(H,21,22). The third-order valence-corrected chi connectivity index (χ3v) is 4.09. The van der Waals surface area contributed by atoms with E-state index < -0.39 is 0 Å². The molecule has 1 aromatic heterocycles. The van der Waals surface area contributed by atoms with Crippen LogP contribution >= 0.6 is 22.6 Å². The summed E-state index contributed by atoms with van der Waals surface area (Å²) in [6.07, 6.45) is 0. The van der Waals surface area contributed by atoms with Crippen molar-refractivity contribution >= 4 is 45.2 Å². The van der Waals surface area contributed by atoms with Gasteiger partial charge >= 0.3 is 0 Å². The van der Waals surface area contributed by atoms with Gasteiger partial charge in [0.15, 0.2) is 0 Å². The number of carbonyl (C=O) groups excluding carboxylic acids is 1. The zero-order valence-corrected chi connectivity index (χ0v) is 14.4. The van der Waals surface area contributed by atoms with Crippen molar-refractivity contribution in [2.45, 2.75) is 13.8 Å². The summed E-state index contributed by atoms with van der Waals surface area (Å²) in [4.78, 5) is 21.3. The lowest BCUT2D eigenvalue weighted by molar-refractivity contribution is 0.102. The molecule has 0 aliphatic heterocycles. The lowest BCUT2D eigenvalue weighted by Crippen LogP contribution is -2.12. The van der Waals surface area contributed by atoms with Gasteiger partial charge in [-0.2, -0.15) is 0 Å². The van der Waals surface area contributed by atoms with Crippen LogP contribution in [0.25, 0.3) is 11.0 Å². The molecular weight excluding hydrogens is 389 g/mol. The van der Waals surface area contributed by atoms with Crippen molar-refractivity contribution in [1.82, 2.24) is 9.97 Å². The second-order valence-corrected chi connectivity index (χ2v) is 6.31. The number of nitrogens with zero attached hydrogens (tertiary/aromatic N) is 2. The average molecular weight is 403 g/mol. The van der Waals surface area contributed by atoms with Crippen LogP contribution in [0, 0.1) is 17.4 Å². The zero-order valence-electron chi connectivity index (χ0n) is 12.2. The number of nitrogens with one attached hydrogen (secondary N) is 1. The smallest absolute Gasteiger partial charge is 0.255 e. The van der Waals surface area contributed by atoms with Gasteiger partial charge in [-0.15, -0.1) is 0 Å². The number of hydrogen-bond donors (Lipinski definition) is 1. The van der Waals surface area contributed by atoms with Crippen LogP contribution in [0.1, 0.15) is 21.7 Å². The minimum absolute atomic E-state index is 0.149. The van der Waals surface area contributed by atoms with Crippen molar-refractivity contribution in [3.63, 3.8) is 0 Å². The van der Waals surface area contributed by atoms with E-state index in [-0.39, 0.29) is 5.91 Å². The molecule has 0 spiro atoms. The first-order valence-electron chi connectivity index (χ1n) is 6.85. The summed E-state index contributed by atoms with van der Waals surface area (Å²) >= 11 is 2.22. The summed E-state index contributed by atoms with van der Waals surface area (Å²) in [6.45, 7) is 3.85. The molecule has 0 atom stereocenters. The summed E-state index contributed by atoms with van der Waals surface area (Å²) in [7, 11) is 0. The maximum atomic E-state index is 12.4. The molecule has 5 heteroatoms. The van der Waals surface area contributed by atoms with E-state index in [4.69, 9.17) is 0 Å². The molecule has 0 saturated carbocycles. The number of anilines is 1. The molecule has 0 aliphatic carbocycles. The van der Waals surface area contributed by atoms with Crippen molar-refractivity contribution in [2.75, 3.05) is 5.32 Å². The van der Waals surface area contributed by atoms with E-state index in [1.165, 1.54) is 0 Å². The number of fused-ring (bicyclic) bond motifs is 1. The first-order chi connectivity index (χ1) is 10.5. The lowest BCUT2D eigenvalue weighted by Gasteiger charge is -2.07. The van der Waals surface area contributed by atoms with E-state index in [0.717, 1.165) is 31.7 Å². The molecule has 3 aromatic rings. The third kappa shape index (κ3) is 3.09. The molecule has 0 saturated heterocycles. The molecule has 3 rings (SSSR count). The van der Waals surface area contributed by atoms with Gasteiger partial charge in [0.25, 0.3) is 5.91 Å². The van der Waals surface area contributed by atoms with Gasteiger partial charge in [-0.1, -0.05) is 6.07 Å². The van der Waals surface area contributed by atoms with Crippen LogP contribution < -0.4 is 5.32 Å². The van der Waals surface area contributed by atoms with Crippen LogP contribution in [0.15, 0.2) is 42.5 Å². The van der Waals surface area contributed by atoms with Crippen molar-refractivity contribution < 1.29 is 4.79 Å². The lowest BCUT2D eigenvalue weighted by atomic mass is 10.1. The zero-order chi connectivity index (χ0) is 15.7. The number of hydrogen-bond acceptors (Lipinski definition) is 3. The van der Waals surface area contributed by atoms with Gasteiger partial charge in [-0.05, 0) is 72.8 Å². The monoisotopic (exact) mass is 403 g/mol. The number of rotatable bonds is 2. The maximum Gasteiger partial charge on any atom is 0.255 e. The summed E-state index contributed by atoms with van der Waals surface area (Å²) in [6, 6.07) is 13.1. The van der Waals surface area contributed by atoms with E-state index in [1.807, 2.05) is 44.2 Å². The van der Waals surface area contributed by atoms with Gasteiger partial charge in [-0.25, -0.2) is 9.97 Å². The minimum Gasteiger partial charge on any atom is -0.322 e. The van der Waals surface area contributed by atoms with E-state index in [0.29, 0.717) is 5.56 Å². The second kappa shape index (κ2) is 6.00. The van der Waals surface area contributed by atoms with Gasteiger partial charge in [-0.3, -0.25) is 4.79 Å². The quantitative estimate of drug-likeness (QED) is 0.656. The summed E-state index contributed by atoms with van der Waals surface area (Å²) in [5.74, 6) is -0.149. The Morgan fingerprint density at radius 1 is 1.00 bits per heavy atom. The molecule has 2 aromatic carbocycles. The van der Waals surface area contributed by atoms with Gasteiger partial charge < -0.3 is 5.32 Å². The molecule has 0 fully saturated rings. The third-order valence-electron chi connectivity index (χ3n) is 3.42. The number of carbonyl (C=O) groups is 1. The molecule has 0 bridgehead atoms. The summed E-state index contributed by atoms with van der Waals surface area (Å²) in [5.41, 5.74) is 4.67. The van der Waals surface area contributed by atoms with Crippen LogP contribution in [-0.2, 0) is 0 Å². The Labute approximate surface area is 142 Å². The van der Waals surface area contributed by atoms with E-state index >= 15 is 0 Å². The van der Waals surface area contributed by atoms with Crippen LogP contribution in [0.5, 0.6) is 0 Å². The fourth-order valence-electron chi connectivity index (χ4n) is 2.14. The van der Waals surface area contributed by atoms with Gasteiger partial charge in [0.05, 0.1) is 22.4 Å². The highest BCUT2D eigenvalue weighted by Crippen LogP contribution is 2.17. The highest BCUT2D eigenvalue weighted by atomic mass is 127. The molecule has 0 unspecified atom stereocenters. The Kier molecular flexibility index (Phi) is 4.06. The number of halogens is 1. The Bertz CT molecular complexity index is 877. The van der Waals surface area contributed by atoms with E-state index in [9.17, 15) is 4.79 Å². The fraction of sp³-hybridized carbons (Fsp3) is 0.118.